The van der Waals surface area contributed by atoms with Crippen LogP contribution in [-0.2, 0) is 0 Å². The maximum atomic E-state index is 14.6. The number of aryl methyl sites for hydroxylation is 2. The second-order valence-electron chi connectivity index (χ2n) is 11.1. The Labute approximate surface area is 265 Å². The first-order valence-corrected chi connectivity index (χ1v) is 14.8. The zero-order valence-electron chi connectivity index (χ0n) is 33.3. The first-order valence-electron chi connectivity index (χ1n) is 18.0. The van der Waals surface area contributed by atoms with Crippen LogP contribution in [0.25, 0.3) is 20.5 Å². The number of phenols is 2. The number of fused-ring (bicyclic) bond motifs is 1. The maximum absolute atomic E-state index is 14.6. The molecular formula is C36H43NO4S. The van der Waals surface area contributed by atoms with Gasteiger partial charge in [-0.3, -0.25) is 9.69 Å². The lowest BCUT2D eigenvalue weighted by Crippen LogP contribution is -2.50. The molecule has 0 bridgehead atoms. The minimum absolute atomic E-state index is 0.111. The molecule has 0 aliphatic carbocycles. The van der Waals surface area contributed by atoms with Crippen LogP contribution in [-0.4, -0.2) is 45.6 Å². The molecular weight excluding hydrogens is 542 g/mol. The molecule has 0 amide bonds. The van der Waals surface area contributed by atoms with Crippen molar-refractivity contribution in [2.45, 2.75) is 92.6 Å². The van der Waals surface area contributed by atoms with Crippen molar-refractivity contribution < 1.29 is 30.7 Å². The molecule has 1 aromatic heterocycles. The third-order valence-electron chi connectivity index (χ3n) is 8.32. The molecule has 0 saturated carbocycles. The first kappa shape index (κ1) is 21.4. The molecule has 42 heavy (non-hydrogen) atoms. The molecule has 1 aliphatic rings. The second-order valence-corrected chi connectivity index (χ2v) is 12.1. The summed E-state index contributed by atoms with van der Waals surface area (Å²) in [6.07, 6.45) is -9.09. The molecule has 0 radical (unpaired) electrons. The quantitative estimate of drug-likeness (QED) is 0.210. The monoisotopic (exact) mass is 593 g/mol. The lowest BCUT2D eigenvalue weighted by Gasteiger charge is -2.42. The molecule has 2 N–H and O–H groups in total. The molecule has 222 valence electrons. The Kier molecular flexibility index (Phi) is 5.97. The molecule has 6 heteroatoms. The topological polar surface area (TPSA) is 70.0 Å². The second kappa shape index (κ2) is 11.7. The molecule has 3 aromatic carbocycles. The van der Waals surface area contributed by atoms with Crippen LogP contribution in [0, 0.1) is 34.6 Å². The van der Waals surface area contributed by atoms with Gasteiger partial charge in [-0.2, -0.15) is 0 Å². The van der Waals surface area contributed by atoms with Gasteiger partial charge in [0, 0.05) is 55.1 Å². The van der Waals surface area contributed by atoms with E-state index >= 15 is 0 Å². The highest BCUT2D eigenvalue weighted by Gasteiger charge is 2.30. The highest BCUT2D eigenvalue weighted by molar-refractivity contribution is 7.23. The summed E-state index contributed by atoms with van der Waals surface area (Å²) in [7, 11) is 0. The van der Waals surface area contributed by atoms with Gasteiger partial charge in [0.25, 0.3) is 0 Å². The summed E-state index contributed by atoms with van der Waals surface area (Å²) in [5.41, 5.74) is 5.25. The van der Waals surface area contributed by atoms with Gasteiger partial charge in [0.1, 0.15) is 23.9 Å². The number of aromatic hydroxyl groups is 2. The van der Waals surface area contributed by atoms with Gasteiger partial charge in [0.15, 0.2) is 5.78 Å². The van der Waals surface area contributed by atoms with E-state index in [1.54, 1.807) is 64.1 Å². The molecule has 5 nitrogen and oxygen atoms in total. The van der Waals surface area contributed by atoms with Crippen molar-refractivity contribution >= 4 is 27.2 Å². The summed E-state index contributed by atoms with van der Waals surface area (Å²) in [6, 6.07) is 4.44. The Hall–Kier alpha value is -3.35. The number of hydrogen-bond acceptors (Lipinski definition) is 6. The highest BCUT2D eigenvalue weighted by atomic mass is 32.1. The summed E-state index contributed by atoms with van der Waals surface area (Å²) < 4.78 is 75.3. The molecule has 3 unspecified atom stereocenters. The fraction of sp³-hybridized carbons (Fsp3) is 0.417. The minimum atomic E-state index is -3.13. The smallest absolute Gasteiger partial charge is 0.195 e. The molecule has 3 atom stereocenters. The summed E-state index contributed by atoms with van der Waals surface area (Å²) >= 11 is 1.39. The fourth-order valence-corrected chi connectivity index (χ4v) is 7.09. The van der Waals surface area contributed by atoms with Gasteiger partial charge < -0.3 is 14.9 Å². The van der Waals surface area contributed by atoms with Crippen LogP contribution in [0.5, 0.6) is 17.2 Å². The van der Waals surface area contributed by atoms with Crippen molar-refractivity contribution in [1.29, 1.82) is 0 Å². The number of ether oxygens (including phenoxy) is 1. The molecule has 2 heterocycles. The van der Waals surface area contributed by atoms with E-state index in [-0.39, 0.29) is 23.9 Å². The van der Waals surface area contributed by atoms with E-state index in [0.29, 0.717) is 38.4 Å². The van der Waals surface area contributed by atoms with E-state index in [4.69, 9.17) is 15.7 Å². The number of carbonyl (C=O) groups is 1. The van der Waals surface area contributed by atoms with Gasteiger partial charge in [-0.15, -0.1) is 11.3 Å². The number of phenolic OH excluding ortho intramolecular Hbond substituents is 2. The van der Waals surface area contributed by atoms with Gasteiger partial charge in [0.05, 0.1) is 0 Å². The van der Waals surface area contributed by atoms with Gasteiger partial charge in [-0.1, -0.05) is 6.37 Å². The maximum Gasteiger partial charge on any atom is 0.195 e. The van der Waals surface area contributed by atoms with Crippen molar-refractivity contribution in [3.63, 3.8) is 0 Å². The molecule has 1 aliphatic heterocycles. The van der Waals surface area contributed by atoms with E-state index < -0.39 is 37.2 Å². The zero-order valence-corrected chi connectivity index (χ0v) is 26.1. The molecule has 5 rings (SSSR count). The van der Waals surface area contributed by atoms with E-state index in [9.17, 15) is 15.0 Å². The van der Waals surface area contributed by atoms with Crippen molar-refractivity contribution in [2.75, 3.05) is 6.61 Å². The van der Waals surface area contributed by atoms with Gasteiger partial charge >= 0.3 is 0 Å². The van der Waals surface area contributed by atoms with Crippen LogP contribution in [0.3, 0.4) is 0 Å². The number of hydrogen-bond donors (Lipinski definition) is 2. The predicted molar refractivity (Wildman–Crippen MR) is 174 cm³/mol. The lowest BCUT2D eigenvalue weighted by molar-refractivity contribution is 0.0396. The predicted octanol–water partition coefficient (Wildman–Crippen LogP) is 8.78. The largest absolute Gasteiger partial charge is 0.508 e. The third kappa shape index (κ3) is 5.31. The van der Waals surface area contributed by atoms with E-state index in [1.165, 1.54) is 11.3 Å². The molecule has 4 aromatic rings. The van der Waals surface area contributed by atoms with Crippen LogP contribution in [0.1, 0.15) is 94.6 Å². The minimum Gasteiger partial charge on any atom is -0.508 e. The normalized spacial score (nSPS) is 28.3. The highest BCUT2D eigenvalue weighted by Crippen LogP contribution is 2.45. The zero-order chi connectivity index (χ0) is 37.7. The number of nitrogens with zero attached hydrogens (tertiary/aromatic N) is 1. The van der Waals surface area contributed by atoms with Crippen LogP contribution in [0.4, 0.5) is 0 Å². The average molecular weight is 594 g/mol. The summed E-state index contributed by atoms with van der Waals surface area (Å²) in [4.78, 5) is 16.4. The number of ketones is 1. The molecule has 1 fully saturated rings. The Morgan fingerprint density at radius 2 is 1.71 bits per heavy atom. The standard InChI is InChI=1S/C36H43NO4S/c1-19-16-27(38)12-13-28(19)36-34(33-26(8)24(6)30(39)17-32(33)42-36)35(40)29-14-15-31(25(7)23(29)5)41-18-22(4)37-20(2)10-9-11-21(37)3/h12-17,20-22,38-39H,9-11,18H2,1-8H3/i9D2,10D2,11D2,20D,21D. The van der Waals surface area contributed by atoms with Gasteiger partial charge in [0.2, 0.25) is 0 Å². The van der Waals surface area contributed by atoms with Crippen LogP contribution < -0.4 is 4.74 Å². The van der Waals surface area contributed by atoms with Crippen LogP contribution in [0.15, 0.2) is 36.4 Å². The number of piperidine rings is 1. The van der Waals surface area contributed by atoms with Crippen molar-refractivity contribution in [3.8, 4) is 27.7 Å². The Morgan fingerprint density at radius 3 is 2.38 bits per heavy atom. The summed E-state index contributed by atoms with van der Waals surface area (Å²) in [5, 5.41) is 21.5. The van der Waals surface area contributed by atoms with E-state index in [1.807, 2.05) is 13.8 Å². The van der Waals surface area contributed by atoms with Crippen molar-refractivity contribution in [1.82, 2.24) is 4.90 Å². The third-order valence-corrected chi connectivity index (χ3v) is 9.49. The lowest BCUT2D eigenvalue weighted by atomic mass is 9.90. The summed E-state index contributed by atoms with van der Waals surface area (Å²) in [6.45, 7) is 12.9. The average Bonchev–Trinajstić information content (AvgIpc) is 3.38. The van der Waals surface area contributed by atoms with Gasteiger partial charge in [-0.25, -0.2) is 0 Å². The van der Waals surface area contributed by atoms with Crippen LogP contribution >= 0.6 is 11.3 Å². The number of carbonyl (C=O) groups excluding carboxylic acids is 1. The Bertz CT molecular complexity index is 2010. The van der Waals surface area contributed by atoms with Crippen molar-refractivity contribution in [3.05, 3.63) is 75.3 Å². The fourth-order valence-electron chi connectivity index (χ4n) is 5.71. The van der Waals surface area contributed by atoms with E-state index in [2.05, 4.69) is 0 Å². The number of likely N-dealkylation sites (tertiary alicyclic amines) is 1. The molecule has 0 spiro atoms. The number of rotatable bonds is 7. The SMILES string of the molecule is [2H]C1(C)N(C(C)COc2ccc(C(=O)c3c(-c4ccc(O)cc4C)sc4cc(O)c(C)c(C)c34)c(C)c2C)C([2H])(C)C([2H])([2H])C([2H])([2H])C1([2H])[2H]. The summed E-state index contributed by atoms with van der Waals surface area (Å²) in [5.74, 6) is 0.428. The Balaban J connectivity index is 1.53. The number of thiophene rings is 1. The number of benzene rings is 3. The Morgan fingerprint density at radius 1 is 1.02 bits per heavy atom. The van der Waals surface area contributed by atoms with Gasteiger partial charge in [-0.05, 0) is 138 Å². The molecule has 1 saturated heterocycles. The van der Waals surface area contributed by atoms with Crippen LogP contribution in [0.2, 0.25) is 0 Å². The van der Waals surface area contributed by atoms with Crippen molar-refractivity contribution in [2.24, 2.45) is 0 Å². The van der Waals surface area contributed by atoms with E-state index in [0.717, 1.165) is 45.5 Å². The first-order chi connectivity index (χ1) is 22.8.